The maximum absolute atomic E-state index is 6.05. The number of rotatable bonds is 6. The normalized spacial score (nSPS) is 13.4. The third-order valence-corrected chi connectivity index (χ3v) is 3.24. The third kappa shape index (κ3) is 4.84. The van der Waals surface area contributed by atoms with Crippen LogP contribution in [0.25, 0.3) is 0 Å². The monoisotopic (exact) mass is 235 g/mol. The summed E-state index contributed by atoms with van der Waals surface area (Å²) >= 11 is 0. The molecule has 0 saturated carbocycles. The van der Waals surface area contributed by atoms with Gasteiger partial charge in [0, 0.05) is 18.8 Å². The van der Waals surface area contributed by atoms with Crippen molar-refractivity contribution in [2.75, 3.05) is 13.6 Å². The van der Waals surface area contributed by atoms with Gasteiger partial charge in [0.15, 0.2) is 0 Å². The summed E-state index contributed by atoms with van der Waals surface area (Å²) in [5.74, 6) is 0.556. The molecule has 1 atom stereocenters. The summed E-state index contributed by atoms with van der Waals surface area (Å²) in [6.45, 7) is 8.38. The van der Waals surface area contributed by atoms with Crippen LogP contribution in [0.4, 0.5) is 0 Å². The number of nitrogens with zero attached hydrogens (tertiary/aromatic N) is 2. The molecule has 1 aromatic rings. The Bertz CT molecular complexity index is 336. The molecule has 96 valence electrons. The predicted octanol–water partition coefficient (Wildman–Crippen LogP) is 2.20. The van der Waals surface area contributed by atoms with E-state index in [-0.39, 0.29) is 0 Å². The first-order valence-electron chi connectivity index (χ1n) is 6.35. The van der Waals surface area contributed by atoms with E-state index < -0.39 is 0 Å². The second kappa shape index (κ2) is 6.72. The van der Waals surface area contributed by atoms with Crippen molar-refractivity contribution in [3.63, 3.8) is 0 Å². The molecule has 1 aromatic heterocycles. The quantitative estimate of drug-likeness (QED) is 0.822. The van der Waals surface area contributed by atoms with Crippen molar-refractivity contribution in [3.05, 3.63) is 29.6 Å². The van der Waals surface area contributed by atoms with Crippen molar-refractivity contribution in [1.82, 2.24) is 9.88 Å². The first-order chi connectivity index (χ1) is 8.00. The maximum Gasteiger partial charge on any atom is 0.0572 e. The van der Waals surface area contributed by atoms with Gasteiger partial charge in [-0.15, -0.1) is 0 Å². The van der Waals surface area contributed by atoms with Gasteiger partial charge < -0.3 is 10.6 Å². The van der Waals surface area contributed by atoms with Crippen molar-refractivity contribution in [3.8, 4) is 0 Å². The Labute approximate surface area is 105 Å². The van der Waals surface area contributed by atoms with Crippen LogP contribution >= 0.6 is 0 Å². The molecule has 0 spiro atoms. The summed E-state index contributed by atoms with van der Waals surface area (Å²) < 4.78 is 0. The molecule has 1 rings (SSSR count). The number of hydrogen-bond donors (Lipinski definition) is 1. The first-order valence-corrected chi connectivity index (χ1v) is 6.35. The Morgan fingerprint density at radius 1 is 1.41 bits per heavy atom. The molecule has 0 aliphatic heterocycles. The Balaban J connectivity index is 2.40. The van der Waals surface area contributed by atoms with Crippen molar-refractivity contribution in [2.45, 2.75) is 39.8 Å². The van der Waals surface area contributed by atoms with Crippen LogP contribution in [0.15, 0.2) is 18.3 Å². The molecule has 0 amide bonds. The number of nitrogens with two attached hydrogens (primary N) is 1. The Morgan fingerprint density at radius 3 is 2.71 bits per heavy atom. The van der Waals surface area contributed by atoms with Gasteiger partial charge in [0.2, 0.25) is 0 Å². The van der Waals surface area contributed by atoms with E-state index in [0.29, 0.717) is 12.0 Å². The fourth-order valence-electron chi connectivity index (χ4n) is 1.72. The van der Waals surface area contributed by atoms with Crippen molar-refractivity contribution in [1.29, 1.82) is 0 Å². The standard InChI is InChI=1S/C14H25N3/c1-11(2)13(15)7-9-17(4)10-14-12(3)6-5-8-16-14/h5-6,8,11,13H,7,9-10,15H2,1-4H3. The van der Waals surface area contributed by atoms with Gasteiger partial charge in [-0.1, -0.05) is 19.9 Å². The molecule has 1 unspecified atom stereocenters. The zero-order valence-electron chi connectivity index (χ0n) is 11.5. The van der Waals surface area contributed by atoms with E-state index in [1.807, 2.05) is 12.3 Å². The lowest BCUT2D eigenvalue weighted by atomic mass is 10.0. The maximum atomic E-state index is 6.05. The second-order valence-corrected chi connectivity index (χ2v) is 5.20. The Morgan fingerprint density at radius 2 is 2.12 bits per heavy atom. The van der Waals surface area contributed by atoms with Crippen molar-refractivity contribution in [2.24, 2.45) is 11.7 Å². The average molecular weight is 235 g/mol. The molecular formula is C14H25N3. The highest BCUT2D eigenvalue weighted by molar-refractivity contribution is 5.17. The lowest BCUT2D eigenvalue weighted by Crippen LogP contribution is -2.31. The van der Waals surface area contributed by atoms with Crippen molar-refractivity contribution < 1.29 is 0 Å². The molecule has 3 heteroatoms. The molecular weight excluding hydrogens is 210 g/mol. The molecule has 17 heavy (non-hydrogen) atoms. The van der Waals surface area contributed by atoms with Crippen LogP contribution in [-0.2, 0) is 6.54 Å². The van der Waals surface area contributed by atoms with Crippen LogP contribution in [0.2, 0.25) is 0 Å². The van der Waals surface area contributed by atoms with Gasteiger partial charge >= 0.3 is 0 Å². The van der Waals surface area contributed by atoms with E-state index in [4.69, 9.17) is 5.73 Å². The molecule has 0 aliphatic carbocycles. The highest BCUT2D eigenvalue weighted by Gasteiger charge is 2.09. The van der Waals surface area contributed by atoms with Crippen LogP contribution < -0.4 is 5.73 Å². The van der Waals surface area contributed by atoms with Crippen LogP contribution in [-0.4, -0.2) is 29.5 Å². The zero-order valence-corrected chi connectivity index (χ0v) is 11.5. The van der Waals surface area contributed by atoms with E-state index >= 15 is 0 Å². The molecule has 0 aliphatic rings. The van der Waals surface area contributed by atoms with Crippen LogP contribution in [0.5, 0.6) is 0 Å². The second-order valence-electron chi connectivity index (χ2n) is 5.20. The number of pyridine rings is 1. The minimum absolute atomic E-state index is 0.294. The fraction of sp³-hybridized carbons (Fsp3) is 0.643. The highest BCUT2D eigenvalue weighted by Crippen LogP contribution is 2.08. The first kappa shape index (κ1) is 14.1. The zero-order chi connectivity index (χ0) is 12.8. The van der Waals surface area contributed by atoms with Crippen LogP contribution in [0.1, 0.15) is 31.5 Å². The van der Waals surface area contributed by atoms with Gasteiger partial charge in [-0.05, 0) is 44.5 Å². The average Bonchev–Trinajstić information content (AvgIpc) is 2.29. The van der Waals surface area contributed by atoms with Gasteiger partial charge in [-0.3, -0.25) is 4.98 Å². The minimum Gasteiger partial charge on any atom is -0.327 e. The molecule has 1 heterocycles. The third-order valence-electron chi connectivity index (χ3n) is 3.24. The molecule has 0 fully saturated rings. The highest BCUT2D eigenvalue weighted by atomic mass is 15.1. The molecule has 2 N–H and O–H groups in total. The van der Waals surface area contributed by atoms with E-state index in [1.165, 1.54) is 5.56 Å². The fourth-order valence-corrected chi connectivity index (χ4v) is 1.72. The topological polar surface area (TPSA) is 42.2 Å². The summed E-state index contributed by atoms with van der Waals surface area (Å²) in [7, 11) is 2.13. The number of aryl methyl sites for hydroxylation is 1. The summed E-state index contributed by atoms with van der Waals surface area (Å²) in [6, 6.07) is 4.38. The summed E-state index contributed by atoms with van der Waals surface area (Å²) in [5, 5.41) is 0. The van der Waals surface area contributed by atoms with Gasteiger partial charge in [-0.2, -0.15) is 0 Å². The smallest absolute Gasteiger partial charge is 0.0572 e. The molecule has 0 aromatic carbocycles. The predicted molar refractivity (Wildman–Crippen MR) is 72.7 cm³/mol. The van der Waals surface area contributed by atoms with Crippen LogP contribution in [0.3, 0.4) is 0 Å². The summed E-state index contributed by atoms with van der Waals surface area (Å²) in [4.78, 5) is 6.70. The molecule has 3 nitrogen and oxygen atoms in total. The van der Waals surface area contributed by atoms with E-state index in [2.05, 4.69) is 43.8 Å². The largest absolute Gasteiger partial charge is 0.327 e. The molecule has 0 radical (unpaired) electrons. The lowest BCUT2D eigenvalue weighted by Gasteiger charge is -2.21. The minimum atomic E-state index is 0.294. The van der Waals surface area contributed by atoms with Crippen LogP contribution in [0, 0.1) is 12.8 Å². The van der Waals surface area contributed by atoms with E-state index in [9.17, 15) is 0 Å². The molecule has 0 bridgehead atoms. The Hall–Kier alpha value is -0.930. The SMILES string of the molecule is Cc1cccnc1CN(C)CCC(N)C(C)C. The lowest BCUT2D eigenvalue weighted by molar-refractivity contribution is 0.293. The molecule has 0 saturated heterocycles. The Kier molecular flexibility index (Phi) is 5.59. The summed E-state index contributed by atoms with van der Waals surface area (Å²) in [6.07, 6.45) is 2.90. The van der Waals surface area contributed by atoms with Gasteiger partial charge in [-0.25, -0.2) is 0 Å². The van der Waals surface area contributed by atoms with Gasteiger partial charge in [0.25, 0.3) is 0 Å². The van der Waals surface area contributed by atoms with E-state index in [0.717, 1.165) is 25.2 Å². The number of hydrogen-bond acceptors (Lipinski definition) is 3. The van der Waals surface area contributed by atoms with Gasteiger partial charge in [0.1, 0.15) is 0 Å². The van der Waals surface area contributed by atoms with E-state index in [1.54, 1.807) is 0 Å². The van der Waals surface area contributed by atoms with Crippen molar-refractivity contribution >= 4 is 0 Å². The van der Waals surface area contributed by atoms with Gasteiger partial charge in [0.05, 0.1) is 5.69 Å². The summed E-state index contributed by atoms with van der Waals surface area (Å²) in [5.41, 5.74) is 8.46. The number of aromatic nitrogens is 1.